The number of sulfonamides is 1. The summed E-state index contributed by atoms with van der Waals surface area (Å²) in [6.45, 7) is 3.18. The van der Waals surface area contributed by atoms with Gasteiger partial charge in [-0.05, 0) is 38.1 Å². The maximum absolute atomic E-state index is 13.7. The van der Waals surface area contributed by atoms with Crippen molar-refractivity contribution in [1.29, 1.82) is 0 Å². The summed E-state index contributed by atoms with van der Waals surface area (Å²) in [5.41, 5.74) is 0.587. The molecule has 0 aliphatic carbocycles. The van der Waals surface area contributed by atoms with Crippen LogP contribution in [0.2, 0.25) is 0 Å². The Morgan fingerprint density at radius 2 is 1.60 bits per heavy atom. The van der Waals surface area contributed by atoms with E-state index in [1.165, 1.54) is 13.0 Å². The zero-order chi connectivity index (χ0) is 18.8. The highest BCUT2D eigenvalue weighted by Gasteiger charge is 2.30. The number of para-hydroxylation sites is 1. The van der Waals surface area contributed by atoms with Gasteiger partial charge in [-0.25, -0.2) is 17.2 Å². The van der Waals surface area contributed by atoms with Gasteiger partial charge >= 0.3 is 0 Å². The summed E-state index contributed by atoms with van der Waals surface area (Å²) in [4.78, 5) is 12.4. The quantitative estimate of drug-likeness (QED) is 0.882. The second-order valence-electron chi connectivity index (χ2n) is 5.66. The first-order valence-electron chi connectivity index (χ1n) is 7.42. The predicted molar refractivity (Wildman–Crippen MR) is 93.0 cm³/mol. The van der Waals surface area contributed by atoms with Crippen LogP contribution in [-0.4, -0.2) is 26.6 Å². The second-order valence-corrected chi connectivity index (χ2v) is 7.52. The summed E-state index contributed by atoms with van der Waals surface area (Å²) in [6.07, 6.45) is 0.959. The van der Waals surface area contributed by atoms with Crippen LogP contribution < -0.4 is 9.62 Å². The Balaban J connectivity index is 2.35. The molecule has 1 N–H and O–H groups in total. The van der Waals surface area contributed by atoms with E-state index in [0.29, 0.717) is 0 Å². The second kappa shape index (κ2) is 7.18. The number of hydrogen-bond donors (Lipinski definition) is 1. The van der Waals surface area contributed by atoms with Crippen LogP contribution in [0.25, 0.3) is 0 Å². The van der Waals surface area contributed by atoms with Crippen LogP contribution in [0.1, 0.15) is 12.5 Å². The Morgan fingerprint density at radius 1 is 1.08 bits per heavy atom. The minimum Gasteiger partial charge on any atom is -0.319 e. The van der Waals surface area contributed by atoms with Gasteiger partial charge in [-0.3, -0.25) is 9.10 Å². The van der Waals surface area contributed by atoms with E-state index in [1.54, 1.807) is 24.3 Å². The molecule has 0 heterocycles. The zero-order valence-electron chi connectivity index (χ0n) is 14.0. The summed E-state index contributed by atoms with van der Waals surface area (Å²) in [5, 5.41) is 2.12. The summed E-state index contributed by atoms with van der Waals surface area (Å²) in [7, 11) is -3.80. The Hall–Kier alpha value is -2.48. The third-order valence-corrected chi connectivity index (χ3v) is 4.83. The minimum absolute atomic E-state index is 0.282. The number of benzene rings is 2. The zero-order valence-corrected chi connectivity index (χ0v) is 14.8. The SMILES string of the molecule is Cc1ccc(N([C@@H](C)C(=O)Nc2c(F)cccc2F)S(C)(=O)=O)cc1. The lowest BCUT2D eigenvalue weighted by Gasteiger charge is -2.28. The van der Waals surface area contributed by atoms with Crippen LogP contribution in [0.5, 0.6) is 0 Å². The molecular formula is C17H18F2N2O3S. The third kappa shape index (κ3) is 4.33. The van der Waals surface area contributed by atoms with Crippen LogP contribution in [0, 0.1) is 18.6 Å². The number of aryl methyl sites for hydroxylation is 1. The molecule has 0 fully saturated rings. The van der Waals surface area contributed by atoms with Crippen LogP contribution >= 0.6 is 0 Å². The molecule has 0 radical (unpaired) electrons. The lowest BCUT2D eigenvalue weighted by atomic mass is 10.2. The molecule has 8 heteroatoms. The fourth-order valence-electron chi connectivity index (χ4n) is 2.35. The Labute approximate surface area is 145 Å². The normalized spacial score (nSPS) is 12.5. The van der Waals surface area contributed by atoms with E-state index in [0.717, 1.165) is 28.3 Å². The van der Waals surface area contributed by atoms with Crippen LogP contribution in [0.4, 0.5) is 20.2 Å². The van der Waals surface area contributed by atoms with Crippen molar-refractivity contribution in [2.45, 2.75) is 19.9 Å². The van der Waals surface area contributed by atoms with Gasteiger partial charge in [-0.2, -0.15) is 0 Å². The van der Waals surface area contributed by atoms with Crippen LogP contribution in [-0.2, 0) is 14.8 Å². The van der Waals surface area contributed by atoms with Gasteiger partial charge in [0.15, 0.2) is 0 Å². The highest BCUT2D eigenvalue weighted by atomic mass is 32.2. The van der Waals surface area contributed by atoms with E-state index in [-0.39, 0.29) is 5.69 Å². The molecule has 0 aliphatic rings. The number of anilines is 2. The molecule has 2 rings (SSSR count). The molecule has 0 saturated carbocycles. The van der Waals surface area contributed by atoms with E-state index in [9.17, 15) is 22.0 Å². The molecule has 25 heavy (non-hydrogen) atoms. The number of amides is 1. The predicted octanol–water partition coefficient (Wildman–Crippen LogP) is 3.07. The smallest absolute Gasteiger partial charge is 0.248 e. The van der Waals surface area contributed by atoms with Crippen molar-refractivity contribution in [3.63, 3.8) is 0 Å². The van der Waals surface area contributed by atoms with E-state index in [2.05, 4.69) is 5.32 Å². The summed E-state index contributed by atoms with van der Waals surface area (Å²) < 4.78 is 52.6. The van der Waals surface area contributed by atoms with E-state index < -0.39 is 39.3 Å². The lowest BCUT2D eigenvalue weighted by molar-refractivity contribution is -0.116. The number of nitrogens with one attached hydrogen (secondary N) is 1. The summed E-state index contributed by atoms with van der Waals surface area (Å²) in [5.74, 6) is -2.74. The van der Waals surface area contributed by atoms with Crippen molar-refractivity contribution in [1.82, 2.24) is 0 Å². The van der Waals surface area contributed by atoms with E-state index in [1.807, 2.05) is 6.92 Å². The third-order valence-electron chi connectivity index (χ3n) is 3.59. The molecule has 2 aromatic carbocycles. The van der Waals surface area contributed by atoms with Crippen molar-refractivity contribution in [2.75, 3.05) is 15.9 Å². The van der Waals surface area contributed by atoms with Gasteiger partial charge in [0.05, 0.1) is 11.9 Å². The number of halogens is 2. The van der Waals surface area contributed by atoms with Crippen molar-refractivity contribution in [2.24, 2.45) is 0 Å². The van der Waals surface area contributed by atoms with Gasteiger partial charge < -0.3 is 5.32 Å². The van der Waals surface area contributed by atoms with Crippen LogP contribution in [0.15, 0.2) is 42.5 Å². The first kappa shape index (κ1) is 18.9. The Kier molecular flexibility index (Phi) is 5.42. The average Bonchev–Trinajstić information content (AvgIpc) is 2.51. The van der Waals surface area contributed by atoms with Gasteiger partial charge in [0.25, 0.3) is 0 Å². The lowest BCUT2D eigenvalue weighted by Crippen LogP contribution is -2.45. The van der Waals surface area contributed by atoms with Crippen molar-refractivity contribution in [3.05, 3.63) is 59.7 Å². The average molecular weight is 368 g/mol. The molecule has 0 aliphatic heterocycles. The molecule has 0 aromatic heterocycles. The topological polar surface area (TPSA) is 66.5 Å². The highest BCUT2D eigenvalue weighted by molar-refractivity contribution is 7.92. The largest absolute Gasteiger partial charge is 0.319 e. The molecule has 0 spiro atoms. The van der Waals surface area contributed by atoms with E-state index >= 15 is 0 Å². The molecule has 134 valence electrons. The molecule has 2 aromatic rings. The van der Waals surface area contributed by atoms with Gasteiger partial charge in [0.1, 0.15) is 23.4 Å². The highest BCUT2D eigenvalue weighted by Crippen LogP contribution is 2.23. The molecule has 1 amide bonds. The monoisotopic (exact) mass is 368 g/mol. The molecule has 0 unspecified atom stereocenters. The molecular weight excluding hydrogens is 350 g/mol. The Bertz CT molecular complexity index is 863. The number of nitrogens with zero attached hydrogens (tertiary/aromatic N) is 1. The number of carbonyl (C=O) groups excluding carboxylic acids is 1. The maximum atomic E-state index is 13.7. The van der Waals surface area contributed by atoms with Crippen molar-refractivity contribution in [3.8, 4) is 0 Å². The summed E-state index contributed by atoms with van der Waals surface area (Å²) in [6, 6.07) is 8.47. The Morgan fingerprint density at radius 3 is 2.08 bits per heavy atom. The van der Waals surface area contributed by atoms with Crippen molar-refractivity contribution >= 4 is 27.3 Å². The van der Waals surface area contributed by atoms with E-state index in [4.69, 9.17) is 0 Å². The maximum Gasteiger partial charge on any atom is 0.248 e. The van der Waals surface area contributed by atoms with Gasteiger partial charge in [0, 0.05) is 0 Å². The molecule has 5 nitrogen and oxygen atoms in total. The fourth-order valence-corrected chi connectivity index (χ4v) is 3.52. The molecule has 0 bridgehead atoms. The standard InChI is InChI=1S/C17H18F2N2O3S/c1-11-7-9-13(10-8-11)21(25(3,23)24)12(2)17(22)20-16-14(18)5-4-6-15(16)19/h4-10,12H,1-3H3,(H,20,22)/t12-/m0/s1. The molecule has 0 saturated heterocycles. The van der Waals surface area contributed by atoms with Gasteiger partial charge in [-0.1, -0.05) is 23.8 Å². The van der Waals surface area contributed by atoms with Gasteiger partial charge in [0.2, 0.25) is 15.9 Å². The van der Waals surface area contributed by atoms with Crippen molar-refractivity contribution < 1.29 is 22.0 Å². The fraction of sp³-hybridized carbons (Fsp3) is 0.235. The summed E-state index contributed by atoms with van der Waals surface area (Å²) >= 11 is 0. The molecule has 1 atom stereocenters. The first-order valence-corrected chi connectivity index (χ1v) is 9.27. The number of hydrogen-bond acceptors (Lipinski definition) is 3. The van der Waals surface area contributed by atoms with Gasteiger partial charge in [-0.15, -0.1) is 0 Å². The first-order chi connectivity index (χ1) is 11.6. The number of carbonyl (C=O) groups is 1. The van der Waals surface area contributed by atoms with Crippen LogP contribution in [0.3, 0.4) is 0 Å². The number of rotatable bonds is 5. The minimum atomic E-state index is -3.80.